The molecule has 5 rings (SSSR count). The summed E-state index contributed by atoms with van der Waals surface area (Å²) in [4.78, 5) is 130. The summed E-state index contributed by atoms with van der Waals surface area (Å²) in [6.45, 7) is 37.3. The van der Waals surface area contributed by atoms with Gasteiger partial charge in [0.05, 0.1) is 69.0 Å². The van der Waals surface area contributed by atoms with E-state index in [0.717, 1.165) is 12.8 Å². The van der Waals surface area contributed by atoms with Crippen LogP contribution < -0.4 is 10.6 Å². The normalized spacial score (nSPS) is 17.5. The number of hydrogen-bond donors (Lipinski definition) is 6. The van der Waals surface area contributed by atoms with Crippen LogP contribution in [0.2, 0.25) is 0 Å². The Morgan fingerprint density at radius 1 is 0.429 bits per heavy atom. The van der Waals surface area contributed by atoms with Gasteiger partial charge < -0.3 is 40.5 Å². The minimum Gasteiger partial charge on any atom is -0.481 e. The minimum atomic E-state index is -0.986. The van der Waals surface area contributed by atoms with Gasteiger partial charge in [-0.1, -0.05) is 219 Å². The van der Waals surface area contributed by atoms with E-state index in [1.807, 2.05) is 113 Å². The van der Waals surface area contributed by atoms with E-state index in [-0.39, 0.29) is 73.0 Å². The molecule has 0 saturated carbocycles. The average molecular weight is 1310 g/mol. The fourth-order valence-electron chi connectivity index (χ4n) is 7.43. The molecule has 2 heterocycles. The average Bonchev–Trinajstić information content (AvgIpc) is 3.38. The first kappa shape index (κ1) is 106. The summed E-state index contributed by atoms with van der Waals surface area (Å²) < 4.78 is 8.73. The molecule has 6 N–H and O–H groups in total. The van der Waals surface area contributed by atoms with E-state index in [1.165, 1.54) is 103 Å². The van der Waals surface area contributed by atoms with Crippen LogP contribution in [0.15, 0.2) is 36.5 Å². The third kappa shape index (κ3) is 60.6. The lowest BCUT2D eigenvalue weighted by Crippen LogP contribution is -2.37. The second-order valence-corrected chi connectivity index (χ2v) is 18.5. The maximum Gasteiger partial charge on any atom is 0.309 e. The number of methoxy groups -OCH3 is 2. The number of aliphatic carboxylic acids is 4. The van der Waals surface area contributed by atoms with E-state index in [2.05, 4.69) is 61.6 Å². The number of hydrogen-bond acceptors (Lipinski definition) is 14. The molecule has 6 amide bonds. The topological polar surface area (TPSA) is 335 Å². The number of rotatable bonds is 16. The van der Waals surface area contributed by atoms with Crippen molar-refractivity contribution in [3.05, 3.63) is 36.5 Å². The van der Waals surface area contributed by atoms with Gasteiger partial charge in [0.1, 0.15) is 0 Å². The van der Waals surface area contributed by atoms with Crippen molar-refractivity contribution in [3.63, 3.8) is 0 Å². The molecule has 22 nitrogen and oxygen atoms in total. The quantitative estimate of drug-likeness (QED) is 0.0475. The highest BCUT2D eigenvalue weighted by Crippen LogP contribution is 2.34. The molecule has 5 aliphatic rings. The number of carbonyl (C=O) groups excluding carboxylic acids is 8. The summed E-state index contributed by atoms with van der Waals surface area (Å²) in [5.41, 5.74) is 0. The molecule has 2 aliphatic heterocycles. The van der Waals surface area contributed by atoms with Gasteiger partial charge >= 0.3 is 35.8 Å². The van der Waals surface area contributed by atoms with E-state index in [4.69, 9.17) is 20.4 Å². The third-order valence-electron chi connectivity index (χ3n) is 12.4. The first-order valence-electron chi connectivity index (χ1n) is 33.4. The van der Waals surface area contributed by atoms with Crippen molar-refractivity contribution < 1.29 is 87.4 Å². The van der Waals surface area contributed by atoms with Gasteiger partial charge in [-0.2, -0.15) is 0 Å². The molecule has 0 aromatic carbocycles. The molecule has 2 fully saturated rings. The zero-order valence-corrected chi connectivity index (χ0v) is 61.2. The third-order valence-corrected chi connectivity index (χ3v) is 12.4. The van der Waals surface area contributed by atoms with Gasteiger partial charge in [0, 0.05) is 47.5 Å². The van der Waals surface area contributed by atoms with Crippen LogP contribution in [0.1, 0.15) is 259 Å². The van der Waals surface area contributed by atoms with Crippen molar-refractivity contribution in [2.45, 2.75) is 259 Å². The van der Waals surface area contributed by atoms with Crippen LogP contribution in [0, 0.1) is 35.5 Å². The summed E-state index contributed by atoms with van der Waals surface area (Å²) in [5.74, 6) is -7.48. The van der Waals surface area contributed by atoms with Crippen LogP contribution in [0.5, 0.6) is 0 Å². The van der Waals surface area contributed by atoms with Gasteiger partial charge in [0.15, 0.2) is 0 Å². The smallest absolute Gasteiger partial charge is 0.309 e. The second-order valence-electron chi connectivity index (χ2n) is 18.5. The Hall–Kier alpha value is -6.74. The number of ether oxygens (including phenoxy) is 2. The van der Waals surface area contributed by atoms with E-state index in [0.29, 0.717) is 38.5 Å². The summed E-state index contributed by atoms with van der Waals surface area (Å²) in [6.07, 6.45) is 27.4. The Kier molecular flexibility index (Phi) is 92.4. The Labute approximate surface area is 551 Å². The summed E-state index contributed by atoms with van der Waals surface area (Å²) in [5, 5.41) is 38.6. The van der Waals surface area contributed by atoms with Crippen molar-refractivity contribution in [2.75, 3.05) is 42.4 Å². The zero-order chi connectivity index (χ0) is 73.5. The lowest BCUT2D eigenvalue weighted by Gasteiger charge is -2.23. The van der Waals surface area contributed by atoms with E-state index in [1.54, 1.807) is 13.1 Å². The number of likely N-dealkylation sites (tertiary alicyclic amines) is 2. The predicted octanol–water partition coefficient (Wildman–Crippen LogP) is 13.9. The van der Waals surface area contributed by atoms with Crippen molar-refractivity contribution in [3.8, 4) is 0 Å². The standard InChI is InChI=1S/C9H13NO3.C9H11NO2.C9H12O4.C5H9NO3.C5H7NO2.C5H8O4.3C5H12.6C2H6/c1-10-8(11)6-4-2-3-5-7(6)9(12)13;1-10-8(11)6-4-2-3-5-7(6)9(10)12;1-13-9(12)7-5-3-2-4-6(7)8(10)11;1-6-4(7)2-3-5(8)9;1-6-4(7)2-3-5(6)8;1-9-5(8)3-2-4(6)7;3*1-3-5-4-2;6*1-2/h2-3,6-7H,4-5H2,1H3,(H,10,11)(H,12,13);2-3,6-7H,4-5H2,1H3;2-3,6-7H,4-5H2,1H3,(H,10,11);2-3H2,1H3,(H,6,7)(H,8,9);2-3H2,1H3;2-3H2,1H3,(H,6,7);3*3-5H2,1-2H3;6*1-2H3. The van der Waals surface area contributed by atoms with Crippen molar-refractivity contribution in [1.82, 2.24) is 20.4 Å². The maximum absolute atomic E-state index is 11.4. The summed E-state index contributed by atoms with van der Waals surface area (Å²) in [6, 6.07) is 0. The van der Waals surface area contributed by atoms with E-state index >= 15 is 0 Å². The van der Waals surface area contributed by atoms with Crippen LogP contribution in [0.3, 0.4) is 0 Å². The molecular weight excluding hydrogens is 1170 g/mol. The first-order chi connectivity index (χ1) is 43.3. The van der Waals surface area contributed by atoms with Gasteiger partial charge in [-0.15, -0.1) is 0 Å². The van der Waals surface area contributed by atoms with E-state index in [9.17, 15) is 57.5 Å². The molecule has 22 heteroatoms. The molecule has 3 aliphatic carbocycles. The largest absolute Gasteiger partial charge is 0.481 e. The molecule has 2 saturated heterocycles. The van der Waals surface area contributed by atoms with Crippen LogP contribution in [-0.2, 0) is 67.0 Å². The van der Waals surface area contributed by atoms with Gasteiger partial charge in [-0.05, 0) is 38.5 Å². The summed E-state index contributed by atoms with van der Waals surface area (Å²) in [7, 11) is 8.59. The van der Waals surface area contributed by atoms with Crippen molar-refractivity contribution in [1.29, 1.82) is 0 Å². The molecule has 0 radical (unpaired) electrons. The molecule has 0 aromatic rings. The number of amides is 6. The molecule has 0 bridgehead atoms. The molecule has 0 spiro atoms. The number of allylic oxidation sites excluding steroid dienone is 6. The monoisotopic (exact) mass is 1300 g/mol. The van der Waals surface area contributed by atoms with Gasteiger partial charge in [-0.3, -0.25) is 67.3 Å². The fourth-order valence-corrected chi connectivity index (χ4v) is 7.43. The second kappa shape index (κ2) is 79.4. The number of carboxylic acid groups (broad SMARTS) is 4. The number of nitrogens with zero attached hydrogens (tertiary/aromatic N) is 2. The van der Waals surface area contributed by atoms with Gasteiger partial charge in [0.25, 0.3) is 0 Å². The molecule has 0 aromatic heterocycles. The number of nitrogens with one attached hydrogen (secondary N) is 2. The number of carboxylic acids is 4. The Morgan fingerprint density at radius 3 is 0.967 bits per heavy atom. The molecule has 6 unspecified atom stereocenters. The highest BCUT2D eigenvalue weighted by molar-refractivity contribution is 6.05. The van der Waals surface area contributed by atoms with E-state index < -0.39 is 59.5 Å². The summed E-state index contributed by atoms with van der Waals surface area (Å²) >= 11 is 0. The molecule has 536 valence electrons. The van der Waals surface area contributed by atoms with Crippen LogP contribution >= 0.6 is 0 Å². The van der Waals surface area contributed by atoms with Gasteiger partial charge in [0.2, 0.25) is 35.4 Å². The first-order valence-corrected chi connectivity index (χ1v) is 33.4. The number of unbranched alkanes of at least 4 members (excludes halogenated alkanes) is 6. The molecular formula is C69H132N4O18. The Morgan fingerprint density at radius 2 is 0.725 bits per heavy atom. The minimum absolute atomic E-state index is 0.00523. The maximum atomic E-state index is 11.4. The number of carbonyl (C=O) groups is 12. The van der Waals surface area contributed by atoms with Crippen LogP contribution in [0.4, 0.5) is 0 Å². The lowest BCUT2D eigenvalue weighted by molar-refractivity contribution is -0.155. The number of esters is 2. The highest BCUT2D eigenvalue weighted by Gasteiger charge is 2.45. The van der Waals surface area contributed by atoms with Crippen molar-refractivity contribution >= 4 is 71.3 Å². The number of imide groups is 2. The lowest BCUT2D eigenvalue weighted by atomic mass is 9.82. The highest BCUT2D eigenvalue weighted by atomic mass is 16.5. The fraction of sp³-hybridized carbons (Fsp3) is 0.739. The predicted molar refractivity (Wildman–Crippen MR) is 366 cm³/mol. The zero-order valence-electron chi connectivity index (χ0n) is 61.2. The van der Waals surface area contributed by atoms with Crippen LogP contribution in [0.25, 0.3) is 0 Å². The Bertz CT molecular complexity index is 1810. The van der Waals surface area contributed by atoms with Gasteiger partial charge in [-0.25, -0.2) is 0 Å². The van der Waals surface area contributed by atoms with Crippen LogP contribution in [-0.4, -0.2) is 144 Å². The molecule has 91 heavy (non-hydrogen) atoms. The molecule has 6 atom stereocenters. The number of fused-ring (bicyclic) bond motifs is 1. The van der Waals surface area contributed by atoms with Crippen molar-refractivity contribution in [2.24, 2.45) is 35.5 Å². The Balaban J connectivity index is -0.000000101. The SMILES string of the molecule is CC.CC.CC.CC.CC.CC.CCCCC.CCCCC.CCCCC.CN1C(=O)C2CC=CCC2C1=O.CN1C(=O)CCC1=O.CNC(=O)C1CC=CCC1C(=O)O.CNC(=O)CCC(=O)O.COC(=O)C1CC=CCC1C(=O)O.COC(=O)CCC(=O)O.